The van der Waals surface area contributed by atoms with E-state index in [0.29, 0.717) is 19.5 Å². The lowest BCUT2D eigenvalue weighted by atomic mass is 10.0. The van der Waals surface area contributed by atoms with Crippen molar-refractivity contribution in [2.45, 2.75) is 117 Å². The van der Waals surface area contributed by atoms with Gasteiger partial charge in [0.15, 0.2) is 0 Å². The van der Waals surface area contributed by atoms with Crippen LogP contribution in [0, 0.1) is 0 Å². The molecule has 0 unspecified atom stereocenters. The number of amides is 1. The number of nitrogens with two attached hydrogens (primary N) is 1. The van der Waals surface area contributed by atoms with E-state index in [9.17, 15) is 4.79 Å². The molecule has 0 saturated heterocycles. The minimum atomic E-state index is -0.833. The average Bonchev–Trinajstić information content (AvgIpc) is 2.70. The molecule has 0 aliphatic heterocycles. The van der Waals surface area contributed by atoms with Gasteiger partial charge in [0, 0.05) is 39.5 Å². The van der Waals surface area contributed by atoms with Crippen LogP contribution < -0.4 is 16.4 Å². The molecule has 6 nitrogen and oxygen atoms in total. The Balaban J connectivity index is 0. The van der Waals surface area contributed by atoms with Crippen molar-refractivity contribution in [1.82, 2.24) is 10.6 Å². The highest BCUT2D eigenvalue weighted by atomic mass is 16.4. The molecule has 0 aromatic heterocycles. The van der Waals surface area contributed by atoms with Crippen LogP contribution in [0.25, 0.3) is 0 Å². The molecule has 5 N–H and O–H groups in total. The van der Waals surface area contributed by atoms with Gasteiger partial charge in [-0.15, -0.1) is 0 Å². The SMILES string of the molecule is CC(=O)O.CCCCCCCCCCCCCCCCCC(=O)NCCNCCN. The molecule has 0 bridgehead atoms. The molecule has 0 saturated carbocycles. The van der Waals surface area contributed by atoms with Crippen LogP contribution in [0.15, 0.2) is 0 Å². The molecule has 0 heterocycles. The Morgan fingerprint density at radius 2 is 1.10 bits per heavy atom. The first-order chi connectivity index (χ1) is 14.5. The fourth-order valence-electron chi connectivity index (χ4n) is 3.26. The van der Waals surface area contributed by atoms with Gasteiger partial charge >= 0.3 is 0 Å². The normalized spacial score (nSPS) is 10.4. The molecule has 0 aliphatic rings. The molecule has 1 amide bonds. The van der Waals surface area contributed by atoms with E-state index in [-0.39, 0.29) is 5.91 Å². The summed E-state index contributed by atoms with van der Waals surface area (Å²) < 4.78 is 0. The Hall–Kier alpha value is -1.14. The number of nitrogens with one attached hydrogen (secondary N) is 2. The summed E-state index contributed by atoms with van der Waals surface area (Å²) in [7, 11) is 0. The number of rotatable bonds is 21. The average molecular weight is 430 g/mol. The molecule has 0 spiro atoms. The number of hydrogen-bond acceptors (Lipinski definition) is 4. The Labute approximate surface area is 186 Å². The first-order valence-electron chi connectivity index (χ1n) is 12.4. The van der Waals surface area contributed by atoms with Crippen molar-refractivity contribution in [3.8, 4) is 0 Å². The highest BCUT2D eigenvalue weighted by molar-refractivity contribution is 5.75. The van der Waals surface area contributed by atoms with Gasteiger partial charge in [0.1, 0.15) is 0 Å². The largest absolute Gasteiger partial charge is 0.481 e. The third kappa shape index (κ3) is 34.4. The van der Waals surface area contributed by atoms with E-state index in [2.05, 4.69) is 17.6 Å². The summed E-state index contributed by atoms with van der Waals surface area (Å²) in [4.78, 5) is 20.6. The Morgan fingerprint density at radius 3 is 1.50 bits per heavy atom. The molecule has 0 aromatic carbocycles. The monoisotopic (exact) mass is 429 g/mol. The van der Waals surface area contributed by atoms with Crippen LogP contribution in [0.5, 0.6) is 0 Å². The van der Waals surface area contributed by atoms with Crippen molar-refractivity contribution in [3.05, 3.63) is 0 Å². The van der Waals surface area contributed by atoms with Gasteiger partial charge in [-0.1, -0.05) is 96.8 Å². The first kappa shape index (κ1) is 31.0. The third-order valence-corrected chi connectivity index (χ3v) is 4.95. The number of carbonyl (C=O) groups is 2. The molecule has 0 rings (SSSR count). The molecular weight excluding hydrogens is 378 g/mol. The van der Waals surface area contributed by atoms with Crippen molar-refractivity contribution in [2.75, 3.05) is 26.2 Å². The van der Waals surface area contributed by atoms with Crippen molar-refractivity contribution in [3.63, 3.8) is 0 Å². The van der Waals surface area contributed by atoms with Crippen LogP contribution in [0.2, 0.25) is 0 Å². The highest BCUT2D eigenvalue weighted by Gasteiger charge is 2.00. The summed E-state index contributed by atoms with van der Waals surface area (Å²) in [5, 5.41) is 13.5. The molecule has 180 valence electrons. The summed E-state index contributed by atoms with van der Waals surface area (Å²) >= 11 is 0. The molecule has 0 fully saturated rings. The van der Waals surface area contributed by atoms with Crippen LogP contribution in [0.1, 0.15) is 117 Å². The molecule has 0 radical (unpaired) electrons. The maximum Gasteiger partial charge on any atom is 0.300 e. The van der Waals surface area contributed by atoms with E-state index < -0.39 is 5.97 Å². The Morgan fingerprint density at radius 1 is 0.700 bits per heavy atom. The molecule has 6 heteroatoms. The van der Waals surface area contributed by atoms with Gasteiger partial charge in [0.05, 0.1) is 0 Å². The second kappa shape index (κ2) is 27.9. The van der Waals surface area contributed by atoms with Crippen LogP contribution in [-0.2, 0) is 9.59 Å². The maximum atomic E-state index is 11.6. The van der Waals surface area contributed by atoms with Gasteiger partial charge < -0.3 is 21.5 Å². The van der Waals surface area contributed by atoms with Crippen LogP contribution in [-0.4, -0.2) is 43.2 Å². The second-order valence-electron chi connectivity index (χ2n) is 8.11. The molecule has 30 heavy (non-hydrogen) atoms. The third-order valence-electron chi connectivity index (χ3n) is 4.95. The number of carboxylic acids is 1. The minimum absolute atomic E-state index is 0.189. The van der Waals surface area contributed by atoms with Crippen LogP contribution in [0.4, 0.5) is 0 Å². The summed E-state index contributed by atoms with van der Waals surface area (Å²) in [5.41, 5.74) is 5.39. The number of carbonyl (C=O) groups excluding carboxylic acids is 1. The van der Waals surface area contributed by atoms with E-state index in [1.165, 1.54) is 89.9 Å². The second-order valence-corrected chi connectivity index (χ2v) is 8.11. The van der Waals surface area contributed by atoms with Gasteiger partial charge in [-0.3, -0.25) is 9.59 Å². The molecule has 0 atom stereocenters. The van der Waals surface area contributed by atoms with E-state index in [0.717, 1.165) is 26.4 Å². The number of hydrogen-bond donors (Lipinski definition) is 4. The number of carboxylic acid groups (broad SMARTS) is 1. The summed E-state index contributed by atoms with van der Waals surface area (Å²) in [6.45, 7) is 6.34. The lowest BCUT2D eigenvalue weighted by Crippen LogP contribution is -2.33. The fourth-order valence-corrected chi connectivity index (χ4v) is 3.26. The van der Waals surface area contributed by atoms with E-state index >= 15 is 0 Å². The molecule has 0 aromatic rings. The summed E-state index contributed by atoms with van der Waals surface area (Å²) in [5.74, 6) is -0.644. The Bertz CT molecular complexity index is 362. The van der Waals surface area contributed by atoms with Crippen molar-refractivity contribution in [1.29, 1.82) is 0 Å². The number of unbranched alkanes of at least 4 members (excludes halogenated alkanes) is 14. The summed E-state index contributed by atoms with van der Waals surface area (Å²) in [6.07, 6.45) is 21.1. The lowest BCUT2D eigenvalue weighted by Gasteiger charge is -2.06. The van der Waals surface area contributed by atoms with Gasteiger partial charge in [0.2, 0.25) is 5.91 Å². The molecule has 0 aliphatic carbocycles. The quantitative estimate of drug-likeness (QED) is 0.192. The predicted octanol–water partition coefficient (Wildman–Crippen LogP) is 5.00. The summed E-state index contributed by atoms with van der Waals surface area (Å²) in [6, 6.07) is 0. The van der Waals surface area contributed by atoms with E-state index in [4.69, 9.17) is 15.6 Å². The zero-order valence-corrected chi connectivity index (χ0v) is 20.0. The van der Waals surface area contributed by atoms with Crippen molar-refractivity contribution in [2.24, 2.45) is 5.73 Å². The van der Waals surface area contributed by atoms with Gasteiger partial charge in [-0.25, -0.2) is 0 Å². The van der Waals surface area contributed by atoms with E-state index in [1.807, 2.05) is 0 Å². The van der Waals surface area contributed by atoms with E-state index in [1.54, 1.807) is 0 Å². The van der Waals surface area contributed by atoms with Crippen LogP contribution >= 0.6 is 0 Å². The molecular formula is C24H51N3O3. The standard InChI is InChI=1S/C22H47N3O.C2H4O2/c1-2-3-4-5-6-7-8-9-10-11-12-13-14-15-16-17-22(26)25-21-20-24-19-18-23;1-2(3)4/h24H,2-21,23H2,1H3,(H,25,26);1H3,(H,3,4). The predicted molar refractivity (Wildman–Crippen MR) is 128 cm³/mol. The van der Waals surface area contributed by atoms with Gasteiger partial charge in [0.25, 0.3) is 5.97 Å². The zero-order valence-electron chi connectivity index (χ0n) is 20.0. The topological polar surface area (TPSA) is 104 Å². The number of aliphatic carboxylic acids is 1. The fraction of sp³-hybridized carbons (Fsp3) is 0.917. The smallest absolute Gasteiger partial charge is 0.300 e. The van der Waals surface area contributed by atoms with Gasteiger partial charge in [-0.05, 0) is 6.42 Å². The van der Waals surface area contributed by atoms with Crippen LogP contribution in [0.3, 0.4) is 0 Å². The lowest BCUT2D eigenvalue weighted by molar-refractivity contribution is -0.134. The first-order valence-corrected chi connectivity index (χ1v) is 12.4. The Kier molecular flexibility index (Phi) is 28.8. The van der Waals surface area contributed by atoms with Crippen molar-refractivity contribution >= 4 is 11.9 Å². The minimum Gasteiger partial charge on any atom is -0.481 e. The van der Waals surface area contributed by atoms with Crippen molar-refractivity contribution < 1.29 is 14.7 Å². The zero-order chi connectivity index (χ0) is 22.7. The van der Waals surface area contributed by atoms with Gasteiger partial charge in [-0.2, -0.15) is 0 Å². The maximum absolute atomic E-state index is 11.6. The highest BCUT2D eigenvalue weighted by Crippen LogP contribution is 2.13.